The Kier molecular flexibility index (Phi) is 7.79. The Balaban J connectivity index is 1.94. The van der Waals surface area contributed by atoms with E-state index in [1.807, 2.05) is 6.92 Å². The second-order valence-corrected chi connectivity index (χ2v) is 7.87. The Hall–Kier alpha value is -2.41. The fourth-order valence-electron chi connectivity index (χ4n) is 2.34. The number of carbonyl (C=O) groups excluding carboxylic acids is 1. The maximum atomic E-state index is 12.4. The van der Waals surface area contributed by atoms with Crippen molar-refractivity contribution < 1.29 is 18.5 Å². The monoisotopic (exact) mass is 391 g/mol. The highest BCUT2D eigenvalue weighted by atomic mass is 32.2. The minimum Gasteiger partial charge on any atom is -0.488 e. The van der Waals surface area contributed by atoms with Gasteiger partial charge in [0.1, 0.15) is 0 Å². The molecule has 27 heavy (non-hydrogen) atoms. The summed E-state index contributed by atoms with van der Waals surface area (Å²) in [6, 6.07) is 8.28. The summed E-state index contributed by atoms with van der Waals surface area (Å²) in [5.41, 5.74) is 1.69. The number of hydrogen-bond donors (Lipinski definition) is 1. The van der Waals surface area contributed by atoms with E-state index in [4.69, 9.17) is 9.47 Å². The van der Waals surface area contributed by atoms with E-state index in [9.17, 15) is 13.8 Å². The molecule has 0 fully saturated rings. The molecule has 0 aliphatic rings. The van der Waals surface area contributed by atoms with Gasteiger partial charge in [-0.3, -0.25) is 9.00 Å². The van der Waals surface area contributed by atoms with Crippen molar-refractivity contribution in [3.8, 4) is 5.75 Å². The summed E-state index contributed by atoms with van der Waals surface area (Å²) < 4.78 is 22.9. The van der Waals surface area contributed by atoms with Gasteiger partial charge in [0, 0.05) is 34.5 Å². The number of esters is 1. The Morgan fingerprint density at radius 2 is 1.89 bits per heavy atom. The van der Waals surface area contributed by atoms with Crippen LogP contribution < -0.4 is 10.2 Å². The van der Waals surface area contributed by atoms with Crippen LogP contribution in [-0.2, 0) is 27.0 Å². The highest BCUT2D eigenvalue weighted by Gasteiger charge is 2.11. The van der Waals surface area contributed by atoms with Crippen LogP contribution in [0.3, 0.4) is 0 Å². The van der Waals surface area contributed by atoms with E-state index in [0.717, 1.165) is 12.0 Å². The number of aromatic nitrogens is 1. The van der Waals surface area contributed by atoms with Gasteiger partial charge in [-0.15, -0.1) is 0 Å². The minimum atomic E-state index is -1.20. The lowest BCUT2D eigenvalue weighted by Crippen LogP contribution is -2.12. The zero-order chi connectivity index (χ0) is 19.8. The molecule has 7 heteroatoms. The smallest absolute Gasteiger partial charge is 0.338 e. The first-order chi connectivity index (χ1) is 12.9. The molecule has 1 atom stereocenters. The summed E-state index contributed by atoms with van der Waals surface area (Å²) in [5, 5.41) is 0. The van der Waals surface area contributed by atoms with Gasteiger partial charge in [-0.05, 0) is 38.0 Å². The first kappa shape index (κ1) is 20.9. The van der Waals surface area contributed by atoms with Crippen LogP contribution in [-0.4, -0.2) is 27.9 Å². The van der Waals surface area contributed by atoms with E-state index < -0.39 is 10.8 Å². The zero-order valence-electron chi connectivity index (χ0n) is 15.8. The molecule has 0 aliphatic carbocycles. The molecule has 1 aromatic carbocycles. The predicted molar refractivity (Wildman–Crippen MR) is 105 cm³/mol. The number of aromatic amines is 1. The van der Waals surface area contributed by atoms with Gasteiger partial charge in [0.15, 0.2) is 5.75 Å². The third-order valence-electron chi connectivity index (χ3n) is 3.58. The van der Waals surface area contributed by atoms with Crippen LogP contribution in [0.25, 0.3) is 0 Å². The SMILES string of the molecule is CCCOc1c[nH]c(CS(=O)Cc2ccc(C(=O)OC(C)C)cc2)cc1=O. The molecule has 1 heterocycles. The highest BCUT2D eigenvalue weighted by Crippen LogP contribution is 2.12. The number of benzene rings is 1. The van der Waals surface area contributed by atoms with E-state index in [1.54, 1.807) is 38.1 Å². The zero-order valence-corrected chi connectivity index (χ0v) is 16.6. The maximum absolute atomic E-state index is 12.4. The van der Waals surface area contributed by atoms with Crippen LogP contribution in [0, 0.1) is 0 Å². The highest BCUT2D eigenvalue weighted by molar-refractivity contribution is 7.83. The van der Waals surface area contributed by atoms with Gasteiger partial charge in [0.05, 0.1) is 24.0 Å². The minimum absolute atomic E-state index is 0.175. The molecule has 0 aliphatic heterocycles. The number of nitrogens with one attached hydrogen (secondary N) is 1. The average molecular weight is 391 g/mol. The summed E-state index contributed by atoms with van der Waals surface area (Å²) in [6.45, 7) is 6.03. The number of pyridine rings is 1. The molecule has 0 saturated heterocycles. The quantitative estimate of drug-likeness (QED) is 0.664. The lowest BCUT2D eigenvalue weighted by atomic mass is 10.1. The molecule has 1 aromatic heterocycles. The Morgan fingerprint density at radius 3 is 2.48 bits per heavy atom. The summed E-state index contributed by atoms with van der Waals surface area (Å²) >= 11 is 0. The molecule has 0 amide bonds. The molecule has 0 bridgehead atoms. The lowest BCUT2D eigenvalue weighted by molar-refractivity contribution is 0.0378. The number of H-pyrrole nitrogens is 1. The van der Waals surface area contributed by atoms with Gasteiger partial charge >= 0.3 is 5.97 Å². The summed E-state index contributed by atoms with van der Waals surface area (Å²) in [7, 11) is -1.20. The fraction of sp³-hybridized carbons (Fsp3) is 0.400. The second-order valence-electron chi connectivity index (χ2n) is 6.41. The van der Waals surface area contributed by atoms with Gasteiger partial charge in [-0.25, -0.2) is 4.79 Å². The van der Waals surface area contributed by atoms with Crippen molar-refractivity contribution in [3.63, 3.8) is 0 Å². The van der Waals surface area contributed by atoms with Crippen molar-refractivity contribution in [2.45, 2.75) is 44.8 Å². The molecule has 1 N–H and O–H groups in total. The van der Waals surface area contributed by atoms with Crippen molar-refractivity contribution in [2.75, 3.05) is 6.61 Å². The summed E-state index contributed by atoms with van der Waals surface area (Å²) in [6.07, 6.45) is 2.16. The molecular formula is C20H25NO5S. The summed E-state index contributed by atoms with van der Waals surface area (Å²) in [4.78, 5) is 26.8. The molecule has 2 aromatic rings. The van der Waals surface area contributed by atoms with Gasteiger partial charge in [-0.2, -0.15) is 0 Å². The van der Waals surface area contributed by atoms with E-state index >= 15 is 0 Å². The maximum Gasteiger partial charge on any atom is 0.338 e. The van der Waals surface area contributed by atoms with Crippen molar-refractivity contribution in [2.24, 2.45) is 0 Å². The van der Waals surface area contributed by atoms with Crippen LogP contribution in [0.15, 0.2) is 41.3 Å². The van der Waals surface area contributed by atoms with E-state index in [1.165, 1.54) is 12.3 Å². The van der Waals surface area contributed by atoms with E-state index in [2.05, 4.69) is 4.98 Å². The van der Waals surface area contributed by atoms with Gasteiger partial charge < -0.3 is 14.5 Å². The molecule has 0 radical (unpaired) electrons. The average Bonchev–Trinajstić information content (AvgIpc) is 2.61. The van der Waals surface area contributed by atoms with Crippen molar-refractivity contribution >= 4 is 16.8 Å². The molecule has 0 saturated carbocycles. The number of hydrogen-bond acceptors (Lipinski definition) is 5. The predicted octanol–water partition coefficient (Wildman–Crippen LogP) is 3.18. The largest absolute Gasteiger partial charge is 0.488 e. The van der Waals surface area contributed by atoms with Crippen molar-refractivity contribution in [1.29, 1.82) is 0 Å². The lowest BCUT2D eigenvalue weighted by Gasteiger charge is -2.08. The van der Waals surface area contributed by atoms with Gasteiger partial charge in [0.25, 0.3) is 0 Å². The van der Waals surface area contributed by atoms with Crippen LogP contribution in [0.5, 0.6) is 5.75 Å². The normalized spacial score (nSPS) is 12.0. The van der Waals surface area contributed by atoms with E-state index in [0.29, 0.717) is 23.6 Å². The Morgan fingerprint density at radius 1 is 1.19 bits per heavy atom. The third-order valence-corrected chi connectivity index (χ3v) is 4.86. The first-order valence-electron chi connectivity index (χ1n) is 8.88. The molecule has 1 unspecified atom stereocenters. The van der Waals surface area contributed by atoms with Crippen LogP contribution in [0.4, 0.5) is 0 Å². The fourth-order valence-corrected chi connectivity index (χ4v) is 3.52. The van der Waals surface area contributed by atoms with Crippen molar-refractivity contribution in [1.82, 2.24) is 4.98 Å². The number of carbonyl (C=O) groups is 1. The Labute approximate surface area is 161 Å². The van der Waals surface area contributed by atoms with Gasteiger partial charge in [-0.1, -0.05) is 19.1 Å². The standard InChI is InChI=1S/C20H25NO5S/c1-4-9-25-19-11-21-17(10-18(19)22)13-27(24)12-15-5-7-16(8-6-15)20(23)26-14(2)3/h5-8,10-11,14H,4,9,12-13H2,1-3H3,(H,21,22). The third kappa shape index (κ3) is 6.67. The van der Waals surface area contributed by atoms with Crippen molar-refractivity contribution in [3.05, 3.63) is 63.6 Å². The molecule has 146 valence electrons. The number of rotatable bonds is 9. The molecule has 6 nitrogen and oxygen atoms in total. The van der Waals surface area contributed by atoms with Crippen LogP contribution in [0.2, 0.25) is 0 Å². The summed E-state index contributed by atoms with van der Waals surface area (Å²) in [5.74, 6) is 0.465. The second kappa shape index (κ2) is 10.1. The molecule has 0 spiro atoms. The van der Waals surface area contributed by atoms with Crippen LogP contribution >= 0.6 is 0 Å². The van der Waals surface area contributed by atoms with Gasteiger partial charge in [0.2, 0.25) is 5.43 Å². The van der Waals surface area contributed by atoms with Crippen LogP contribution in [0.1, 0.15) is 48.8 Å². The topological polar surface area (TPSA) is 85.5 Å². The van der Waals surface area contributed by atoms with E-state index in [-0.39, 0.29) is 29.0 Å². The number of ether oxygens (including phenoxy) is 2. The Bertz CT molecular complexity index is 842. The first-order valence-corrected chi connectivity index (χ1v) is 10.4. The molecular weight excluding hydrogens is 366 g/mol. The molecule has 2 rings (SSSR count).